The summed E-state index contributed by atoms with van der Waals surface area (Å²) in [4.78, 5) is 13.4. The quantitative estimate of drug-likeness (QED) is 0.378. The van der Waals surface area contributed by atoms with Gasteiger partial charge in [0.1, 0.15) is 11.9 Å². The Labute approximate surface area is 248 Å². The lowest BCUT2D eigenvalue weighted by Crippen LogP contribution is -2.52. The van der Waals surface area contributed by atoms with Gasteiger partial charge in [0.25, 0.3) is 0 Å². The van der Waals surface area contributed by atoms with Gasteiger partial charge in [-0.1, -0.05) is 44.2 Å². The zero-order valence-corrected chi connectivity index (χ0v) is 25.2. The van der Waals surface area contributed by atoms with Crippen LogP contribution in [0.5, 0.6) is 5.75 Å². The van der Waals surface area contributed by atoms with Crippen LogP contribution < -0.4 is 10.1 Å². The lowest BCUT2D eigenvalue weighted by Gasteiger charge is -2.32. The molecule has 6 rings (SSSR count). The number of carbonyl (C=O) groups excluding carboxylic acids is 1. The standard InChI is InChI=1S/C31H42N2O8S/c1-20(2)17-33(42(36,37)25-13-11-24(38-3)12-14-25)18-27(34)26(15-21-7-5-4-6-8-21)32-31(35)41-29-23-10-9-22-16-28(29)40-30(22)39-19-23/h4-8,11-14,20,22-23,26-30,34H,9-10,15-19H2,1-3H3,(H,32,35). The minimum atomic E-state index is -3.95. The highest BCUT2D eigenvalue weighted by Gasteiger charge is 2.50. The molecule has 7 unspecified atom stereocenters. The molecule has 0 spiro atoms. The smallest absolute Gasteiger partial charge is 0.407 e. The monoisotopic (exact) mass is 602 g/mol. The maximum atomic E-state index is 13.7. The molecule has 4 aliphatic rings. The molecule has 0 aromatic heterocycles. The summed E-state index contributed by atoms with van der Waals surface area (Å²) in [6.45, 7) is 4.30. The molecule has 10 nitrogen and oxygen atoms in total. The fourth-order valence-corrected chi connectivity index (χ4v) is 7.85. The summed E-state index contributed by atoms with van der Waals surface area (Å²) in [6, 6.07) is 14.8. The van der Waals surface area contributed by atoms with Crippen molar-refractivity contribution >= 4 is 16.1 Å². The zero-order valence-electron chi connectivity index (χ0n) is 24.4. The van der Waals surface area contributed by atoms with E-state index in [1.807, 2.05) is 44.2 Å². The Bertz CT molecular complexity index is 1270. The molecule has 3 heterocycles. The van der Waals surface area contributed by atoms with E-state index in [0.717, 1.165) is 24.8 Å². The van der Waals surface area contributed by atoms with Gasteiger partial charge in [0.05, 0.1) is 36.9 Å². The second-order valence-electron chi connectivity index (χ2n) is 12.0. The summed E-state index contributed by atoms with van der Waals surface area (Å²) in [5.74, 6) is 0.913. The largest absolute Gasteiger partial charge is 0.497 e. The van der Waals surface area contributed by atoms with Gasteiger partial charge in [-0.3, -0.25) is 0 Å². The van der Waals surface area contributed by atoms with Gasteiger partial charge in [-0.15, -0.1) is 0 Å². The third-order valence-electron chi connectivity index (χ3n) is 8.41. The SMILES string of the molecule is COc1ccc(S(=O)(=O)N(CC(C)C)CC(O)C(Cc2ccccc2)NC(=O)OC2C3CCC4CC2OC4OC3)cc1. The molecule has 4 bridgehead atoms. The van der Waals surface area contributed by atoms with Crippen LogP contribution in [0.2, 0.25) is 0 Å². The van der Waals surface area contributed by atoms with E-state index in [-0.39, 0.29) is 48.6 Å². The van der Waals surface area contributed by atoms with E-state index >= 15 is 0 Å². The summed E-state index contributed by atoms with van der Waals surface area (Å²) in [5.41, 5.74) is 0.888. The number of ether oxygens (including phenoxy) is 4. The summed E-state index contributed by atoms with van der Waals surface area (Å²) >= 11 is 0. The van der Waals surface area contributed by atoms with Crippen LogP contribution in [0.4, 0.5) is 4.79 Å². The molecule has 11 heteroatoms. The predicted molar refractivity (Wildman–Crippen MR) is 155 cm³/mol. The average Bonchev–Trinajstić information content (AvgIpc) is 3.06. The molecule has 3 saturated heterocycles. The first kappa shape index (κ1) is 30.7. The number of amides is 1. The van der Waals surface area contributed by atoms with E-state index in [2.05, 4.69) is 5.32 Å². The Balaban J connectivity index is 1.33. The second-order valence-corrected chi connectivity index (χ2v) is 13.9. The molecule has 7 atom stereocenters. The summed E-state index contributed by atoms with van der Waals surface area (Å²) in [6.07, 6.45) is 0.206. The first-order valence-corrected chi connectivity index (χ1v) is 16.2. The van der Waals surface area contributed by atoms with E-state index in [9.17, 15) is 18.3 Å². The van der Waals surface area contributed by atoms with Crippen LogP contribution in [0.3, 0.4) is 0 Å². The number of hydrogen-bond acceptors (Lipinski definition) is 8. The van der Waals surface area contributed by atoms with Crippen LogP contribution in [0.25, 0.3) is 0 Å². The molecule has 4 fully saturated rings. The number of benzene rings is 2. The zero-order chi connectivity index (χ0) is 29.9. The summed E-state index contributed by atoms with van der Waals surface area (Å²) < 4.78 is 51.7. The van der Waals surface area contributed by atoms with Gasteiger partial charge in [-0.25, -0.2) is 13.2 Å². The Morgan fingerprint density at radius 2 is 1.79 bits per heavy atom. The fourth-order valence-electron chi connectivity index (χ4n) is 6.22. The summed E-state index contributed by atoms with van der Waals surface area (Å²) in [7, 11) is -2.43. The molecule has 2 aromatic rings. The number of aliphatic hydroxyl groups is 1. The molecule has 1 saturated carbocycles. The Kier molecular flexibility index (Phi) is 9.74. The Hall–Kier alpha value is -2.70. The van der Waals surface area contributed by atoms with Crippen molar-refractivity contribution in [3.63, 3.8) is 0 Å². The van der Waals surface area contributed by atoms with Gasteiger partial charge in [0, 0.05) is 24.9 Å². The number of fused-ring (bicyclic) bond motifs is 2. The number of nitrogens with one attached hydrogen (secondary N) is 1. The number of hydrogen-bond donors (Lipinski definition) is 2. The van der Waals surface area contributed by atoms with Crippen molar-refractivity contribution in [2.75, 3.05) is 26.8 Å². The van der Waals surface area contributed by atoms with Crippen LogP contribution in [-0.4, -0.2) is 81.4 Å². The fraction of sp³-hybridized carbons (Fsp3) is 0.581. The number of carbonyl (C=O) groups is 1. The van der Waals surface area contributed by atoms with Crippen LogP contribution in [-0.2, 0) is 30.7 Å². The highest BCUT2D eigenvalue weighted by Crippen LogP contribution is 2.44. The molecule has 42 heavy (non-hydrogen) atoms. The third-order valence-corrected chi connectivity index (χ3v) is 10.3. The van der Waals surface area contributed by atoms with Crippen LogP contribution in [0, 0.1) is 17.8 Å². The molecule has 2 N–H and O–H groups in total. The molecule has 0 radical (unpaired) electrons. The number of methoxy groups -OCH3 is 1. The number of rotatable bonds is 12. The molecule has 3 aliphatic heterocycles. The maximum Gasteiger partial charge on any atom is 0.407 e. The van der Waals surface area contributed by atoms with Gasteiger partial charge >= 0.3 is 6.09 Å². The van der Waals surface area contributed by atoms with Crippen molar-refractivity contribution in [1.82, 2.24) is 9.62 Å². The number of aliphatic hydroxyl groups excluding tert-OH is 1. The Morgan fingerprint density at radius 1 is 1.07 bits per heavy atom. The van der Waals surface area contributed by atoms with Crippen molar-refractivity contribution in [3.05, 3.63) is 60.2 Å². The lowest BCUT2D eigenvalue weighted by molar-refractivity contribution is -0.139. The van der Waals surface area contributed by atoms with Crippen molar-refractivity contribution < 1.29 is 37.3 Å². The minimum absolute atomic E-state index is 0.00125. The molecule has 1 aliphatic carbocycles. The normalized spacial score (nSPS) is 26.6. The van der Waals surface area contributed by atoms with E-state index in [1.165, 1.54) is 23.5 Å². The van der Waals surface area contributed by atoms with Crippen molar-refractivity contribution in [1.29, 1.82) is 0 Å². The van der Waals surface area contributed by atoms with Crippen LogP contribution >= 0.6 is 0 Å². The topological polar surface area (TPSA) is 124 Å². The van der Waals surface area contributed by atoms with Crippen LogP contribution in [0.1, 0.15) is 38.7 Å². The van der Waals surface area contributed by atoms with Gasteiger partial charge in [0.2, 0.25) is 10.0 Å². The van der Waals surface area contributed by atoms with Crippen molar-refractivity contribution in [2.24, 2.45) is 17.8 Å². The van der Waals surface area contributed by atoms with E-state index in [4.69, 9.17) is 18.9 Å². The predicted octanol–water partition coefficient (Wildman–Crippen LogP) is 3.58. The van der Waals surface area contributed by atoms with Gasteiger partial charge in [-0.05, 0) is 61.4 Å². The minimum Gasteiger partial charge on any atom is -0.497 e. The maximum absolute atomic E-state index is 13.7. The highest BCUT2D eigenvalue weighted by atomic mass is 32.2. The van der Waals surface area contributed by atoms with Gasteiger partial charge in [-0.2, -0.15) is 4.31 Å². The Morgan fingerprint density at radius 3 is 2.48 bits per heavy atom. The van der Waals surface area contributed by atoms with Crippen LogP contribution in [0.15, 0.2) is 59.5 Å². The van der Waals surface area contributed by atoms with E-state index in [0.29, 0.717) is 18.3 Å². The van der Waals surface area contributed by atoms with E-state index in [1.54, 1.807) is 12.1 Å². The van der Waals surface area contributed by atoms with Gasteiger partial charge < -0.3 is 29.4 Å². The third kappa shape index (κ3) is 7.08. The molecular weight excluding hydrogens is 560 g/mol. The first-order valence-electron chi connectivity index (χ1n) is 14.7. The van der Waals surface area contributed by atoms with Crippen molar-refractivity contribution in [2.45, 2.75) is 75.1 Å². The molecule has 2 aromatic carbocycles. The second kappa shape index (κ2) is 13.3. The molecule has 1 amide bonds. The number of alkyl carbamates (subject to hydrolysis) is 1. The molecule has 230 valence electrons. The highest BCUT2D eigenvalue weighted by molar-refractivity contribution is 7.89. The summed E-state index contributed by atoms with van der Waals surface area (Å²) in [5, 5.41) is 14.4. The van der Waals surface area contributed by atoms with Crippen molar-refractivity contribution in [3.8, 4) is 5.75 Å². The van der Waals surface area contributed by atoms with Gasteiger partial charge in [0.15, 0.2) is 6.29 Å². The molecular formula is C31H42N2O8S. The van der Waals surface area contributed by atoms with E-state index < -0.39 is 34.4 Å². The number of nitrogens with zero attached hydrogens (tertiary/aromatic N) is 1. The average molecular weight is 603 g/mol. The lowest BCUT2D eigenvalue weighted by atomic mass is 9.96. The number of sulfonamides is 1. The first-order chi connectivity index (χ1) is 20.1.